The van der Waals surface area contributed by atoms with Crippen molar-refractivity contribution in [3.8, 4) is 0 Å². The molecule has 0 radical (unpaired) electrons. The van der Waals surface area contributed by atoms with Crippen LogP contribution in [0.25, 0.3) is 0 Å². The number of halogens is 1. The molecule has 0 aliphatic heterocycles. The molecule has 3 rings (SSSR count). The molecule has 7 heteroatoms. The largest absolute Gasteiger partial charge is 0.370 e. The Balaban J connectivity index is 1.82. The summed E-state index contributed by atoms with van der Waals surface area (Å²) in [4.78, 5) is 11.2. The number of carbonyl (C=O) groups excluding carboxylic acids is 1. The Morgan fingerprint density at radius 2 is 2.08 bits per heavy atom. The average molecular weight is 365 g/mol. The average Bonchev–Trinajstić information content (AvgIpc) is 3.33. The summed E-state index contributed by atoms with van der Waals surface area (Å²) >= 11 is 7.67. The van der Waals surface area contributed by atoms with Crippen molar-refractivity contribution in [3.05, 3.63) is 40.7 Å². The van der Waals surface area contributed by atoms with Gasteiger partial charge >= 0.3 is 0 Å². The maximum Gasteiger partial charge on any atom is 0.219 e. The molecule has 2 aromatic rings. The van der Waals surface area contributed by atoms with Gasteiger partial charge in [0.15, 0.2) is 5.16 Å². The molecular formula is C17H21ClN4OS. The zero-order valence-electron chi connectivity index (χ0n) is 13.6. The van der Waals surface area contributed by atoms with Gasteiger partial charge in [-0.25, -0.2) is 0 Å². The standard InChI is InChI=1S/C17H21ClN4OS/c1-2-14(11-5-7-13(18)8-6-11)24-17-21-20-16(12-3-4-12)22(17)10-9-15(19)23/h5-8,12,14H,2-4,9-10H2,1H3,(H2,19,23). The topological polar surface area (TPSA) is 73.8 Å². The van der Waals surface area contributed by atoms with Crippen LogP contribution in [0.2, 0.25) is 5.02 Å². The lowest BCUT2D eigenvalue weighted by molar-refractivity contribution is -0.118. The number of nitrogens with two attached hydrogens (primary N) is 1. The van der Waals surface area contributed by atoms with Crippen molar-refractivity contribution in [3.63, 3.8) is 0 Å². The lowest BCUT2D eigenvalue weighted by Crippen LogP contribution is -2.15. The van der Waals surface area contributed by atoms with E-state index >= 15 is 0 Å². The molecule has 1 aromatic carbocycles. The first-order chi connectivity index (χ1) is 11.6. The molecule has 24 heavy (non-hydrogen) atoms. The van der Waals surface area contributed by atoms with Gasteiger partial charge in [0.1, 0.15) is 5.82 Å². The van der Waals surface area contributed by atoms with Gasteiger partial charge in [-0.1, -0.05) is 42.4 Å². The summed E-state index contributed by atoms with van der Waals surface area (Å²) in [5.41, 5.74) is 6.53. The van der Waals surface area contributed by atoms with Crippen LogP contribution in [-0.4, -0.2) is 20.7 Å². The van der Waals surface area contributed by atoms with Crippen molar-refractivity contribution >= 4 is 29.3 Å². The predicted molar refractivity (Wildman–Crippen MR) is 96.1 cm³/mol. The molecule has 1 atom stereocenters. The normalized spacial score (nSPS) is 15.4. The van der Waals surface area contributed by atoms with E-state index in [1.54, 1.807) is 11.8 Å². The number of hydrogen-bond acceptors (Lipinski definition) is 4. The highest BCUT2D eigenvalue weighted by atomic mass is 35.5. The van der Waals surface area contributed by atoms with Crippen molar-refractivity contribution in [1.82, 2.24) is 14.8 Å². The van der Waals surface area contributed by atoms with Crippen molar-refractivity contribution in [1.29, 1.82) is 0 Å². The number of nitrogens with zero attached hydrogens (tertiary/aromatic N) is 3. The van der Waals surface area contributed by atoms with Crippen LogP contribution >= 0.6 is 23.4 Å². The van der Waals surface area contributed by atoms with Gasteiger partial charge in [0, 0.05) is 29.2 Å². The van der Waals surface area contributed by atoms with E-state index in [2.05, 4.69) is 33.8 Å². The second-order valence-corrected chi connectivity index (χ2v) is 7.66. The van der Waals surface area contributed by atoms with Crippen LogP contribution in [0, 0.1) is 0 Å². The smallest absolute Gasteiger partial charge is 0.219 e. The molecule has 1 fully saturated rings. The number of primary amides is 1. The summed E-state index contributed by atoms with van der Waals surface area (Å²) in [5.74, 6) is 1.17. The summed E-state index contributed by atoms with van der Waals surface area (Å²) < 4.78 is 2.08. The second kappa shape index (κ2) is 7.57. The molecule has 2 N–H and O–H groups in total. The zero-order valence-corrected chi connectivity index (χ0v) is 15.2. The molecule has 0 bridgehead atoms. The van der Waals surface area contributed by atoms with E-state index < -0.39 is 0 Å². The van der Waals surface area contributed by atoms with Gasteiger partial charge in [0.2, 0.25) is 5.91 Å². The zero-order chi connectivity index (χ0) is 17.1. The molecule has 1 amide bonds. The Bertz CT molecular complexity index is 712. The van der Waals surface area contributed by atoms with Gasteiger partial charge in [-0.05, 0) is 37.0 Å². The van der Waals surface area contributed by atoms with E-state index in [1.165, 1.54) is 5.56 Å². The van der Waals surface area contributed by atoms with Crippen LogP contribution in [0.15, 0.2) is 29.4 Å². The molecule has 1 saturated carbocycles. The van der Waals surface area contributed by atoms with Crippen molar-refractivity contribution in [2.45, 2.75) is 55.5 Å². The Kier molecular flexibility index (Phi) is 5.46. The molecule has 1 aromatic heterocycles. The van der Waals surface area contributed by atoms with Crippen molar-refractivity contribution < 1.29 is 4.79 Å². The molecular weight excluding hydrogens is 344 g/mol. The first kappa shape index (κ1) is 17.3. The van der Waals surface area contributed by atoms with Crippen LogP contribution in [0.3, 0.4) is 0 Å². The molecule has 128 valence electrons. The third kappa shape index (κ3) is 4.11. The summed E-state index contributed by atoms with van der Waals surface area (Å²) in [7, 11) is 0. The van der Waals surface area contributed by atoms with Crippen LogP contribution in [-0.2, 0) is 11.3 Å². The van der Waals surface area contributed by atoms with Crippen molar-refractivity contribution in [2.24, 2.45) is 5.73 Å². The lowest BCUT2D eigenvalue weighted by atomic mass is 10.1. The van der Waals surface area contributed by atoms with Crippen LogP contribution in [0.5, 0.6) is 0 Å². The molecule has 1 unspecified atom stereocenters. The minimum Gasteiger partial charge on any atom is -0.370 e. The Labute approximate surface area is 151 Å². The summed E-state index contributed by atoms with van der Waals surface area (Å²) in [6.45, 7) is 2.70. The first-order valence-corrected chi connectivity index (χ1v) is 9.47. The van der Waals surface area contributed by atoms with Crippen LogP contribution < -0.4 is 5.73 Å². The number of benzene rings is 1. The number of carbonyl (C=O) groups is 1. The van der Waals surface area contributed by atoms with Gasteiger partial charge in [-0.2, -0.15) is 0 Å². The van der Waals surface area contributed by atoms with Gasteiger partial charge in [0.05, 0.1) is 0 Å². The van der Waals surface area contributed by atoms with Gasteiger partial charge in [0.25, 0.3) is 0 Å². The summed E-state index contributed by atoms with van der Waals surface area (Å²) in [6, 6.07) is 7.92. The van der Waals surface area contributed by atoms with E-state index in [-0.39, 0.29) is 11.2 Å². The molecule has 1 aliphatic rings. The van der Waals surface area contributed by atoms with Gasteiger partial charge < -0.3 is 10.3 Å². The molecule has 5 nitrogen and oxygen atoms in total. The first-order valence-electron chi connectivity index (χ1n) is 8.22. The quantitative estimate of drug-likeness (QED) is 0.720. The second-order valence-electron chi connectivity index (χ2n) is 6.05. The molecule has 1 aliphatic carbocycles. The van der Waals surface area contributed by atoms with E-state index in [4.69, 9.17) is 17.3 Å². The molecule has 1 heterocycles. The molecule has 0 saturated heterocycles. The summed E-state index contributed by atoms with van der Waals surface area (Å²) in [5, 5.41) is 10.6. The highest BCUT2D eigenvalue weighted by Crippen LogP contribution is 2.42. The summed E-state index contributed by atoms with van der Waals surface area (Å²) in [6.07, 6.45) is 3.57. The highest BCUT2D eigenvalue weighted by Gasteiger charge is 2.31. The highest BCUT2D eigenvalue weighted by molar-refractivity contribution is 7.99. The fourth-order valence-electron chi connectivity index (χ4n) is 2.65. The van der Waals surface area contributed by atoms with Gasteiger partial charge in [-0.3, -0.25) is 4.79 Å². The van der Waals surface area contributed by atoms with E-state index in [1.807, 2.05) is 12.1 Å². The predicted octanol–water partition coefficient (Wildman–Crippen LogP) is 3.93. The van der Waals surface area contributed by atoms with Crippen LogP contribution in [0.4, 0.5) is 0 Å². The Morgan fingerprint density at radius 3 is 2.67 bits per heavy atom. The molecule has 0 spiro atoms. The van der Waals surface area contributed by atoms with Crippen molar-refractivity contribution in [2.75, 3.05) is 0 Å². The number of hydrogen-bond donors (Lipinski definition) is 1. The monoisotopic (exact) mass is 364 g/mol. The minimum atomic E-state index is -0.300. The number of aromatic nitrogens is 3. The van der Waals surface area contributed by atoms with E-state index in [9.17, 15) is 4.79 Å². The maximum atomic E-state index is 11.2. The number of thioether (sulfide) groups is 1. The SMILES string of the molecule is CCC(Sc1nnc(C2CC2)n1CCC(N)=O)c1ccc(Cl)cc1. The third-order valence-electron chi connectivity index (χ3n) is 4.13. The maximum absolute atomic E-state index is 11.2. The number of rotatable bonds is 8. The third-order valence-corrected chi connectivity index (χ3v) is 5.78. The van der Waals surface area contributed by atoms with E-state index in [0.717, 1.165) is 35.3 Å². The van der Waals surface area contributed by atoms with Crippen LogP contribution in [0.1, 0.15) is 55.2 Å². The Hall–Kier alpha value is -1.53. The minimum absolute atomic E-state index is 0.269. The lowest BCUT2D eigenvalue weighted by Gasteiger charge is -2.16. The Morgan fingerprint density at radius 1 is 1.38 bits per heavy atom. The van der Waals surface area contributed by atoms with E-state index in [0.29, 0.717) is 18.9 Å². The van der Waals surface area contributed by atoms with Gasteiger partial charge in [-0.15, -0.1) is 10.2 Å². The fourth-order valence-corrected chi connectivity index (χ4v) is 3.90. The fraction of sp³-hybridized carbons (Fsp3) is 0.471. The number of amides is 1.